The number of hydrogen-bond donors (Lipinski definition) is 2. The van der Waals surface area contributed by atoms with E-state index in [-0.39, 0.29) is 16.9 Å². The van der Waals surface area contributed by atoms with Crippen molar-refractivity contribution in [3.63, 3.8) is 0 Å². The summed E-state index contributed by atoms with van der Waals surface area (Å²) in [6.45, 7) is 1.12. The Hall–Kier alpha value is -3.42. The number of aromatic carboxylic acids is 1. The molecule has 1 aliphatic rings. The van der Waals surface area contributed by atoms with Gasteiger partial charge in [0.25, 0.3) is 5.91 Å². The Morgan fingerprint density at radius 2 is 2.00 bits per heavy atom. The summed E-state index contributed by atoms with van der Waals surface area (Å²) in [6, 6.07) is 9.69. The molecule has 0 saturated carbocycles. The van der Waals surface area contributed by atoms with Crippen LogP contribution in [-0.2, 0) is 9.59 Å². The van der Waals surface area contributed by atoms with Crippen molar-refractivity contribution in [2.24, 2.45) is 0 Å². The zero-order valence-electron chi connectivity index (χ0n) is 13.7. The standard InChI is InChI=1S/C18H15FN2O5/c1-10-17(23)21(9-16(22)20-13-5-3-2-4-12(13)19)14-8-11(18(24)25)6-7-15(14)26-10/h2-8,10H,9H2,1H3,(H,20,22)(H,24,25). The van der Waals surface area contributed by atoms with Gasteiger partial charge in [-0.1, -0.05) is 12.1 Å². The summed E-state index contributed by atoms with van der Waals surface area (Å²) >= 11 is 0. The average molecular weight is 358 g/mol. The fraction of sp³-hybridized carbons (Fsp3) is 0.167. The fourth-order valence-electron chi connectivity index (χ4n) is 2.60. The summed E-state index contributed by atoms with van der Waals surface area (Å²) in [4.78, 5) is 37.0. The maximum atomic E-state index is 13.7. The van der Waals surface area contributed by atoms with E-state index in [1.807, 2.05) is 0 Å². The van der Waals surface area contributed by atoms with Crippen molar-refractivity contribution in [3.05, 3.63) is 53.8 Å². The number of carboxylic acid groups (broad SMARTS) is 1. The van der Waals surface area contributed by atoms with Gasteiger partial charge in [-0.25, -0.2) is 9.18 Å². The summed E-state index contributed by atoms with van der Waals surface area (Å²) in [7, 11) is 0. The molecule has 1 unspecified atom stereocenters. The van der Waals surface area contributed by atoms with Gasteiger partial charge in [-0.05, 0) is 37.3 Å². The lowest BCUT2D eigenvalue weighted by molar-refractivity contribution is -0.127. The van der Waals surface area contributed by atoms with Crippen LogP contribution in [0, 0.1) is 5.82 Å². The van der Waals surface area contributed by atoms with Crippen molar-refractivity contribution in [2.75, 3.05) is 16.8 Å². The number of rotatable bonds is 4. The topological polar surface area (TPSA) is 95.9 Å². The van der Waals surface area contributed by atoms with Gasteiger partial charge in [0.15, 0.2) is 6.10 Å². The molecule has 0 fully saturated rings. The molecule has 0 bridgehead atoms. The van der Waals surface area contributed by atoms with Gasteiger partial charge in [0, 0.05) is 0 Å². The number of nitrogens with zero attached hydrogens (tertiary/aromatic N) is 1. The van der Waals surface area contributed by atoms with Crippen LogP contribution in [0.1, 0.15) is 17.3 Å². The van der Waals surface area contributed by atoms with Crippen LogP contribution >= 0.6 is 0 Å². The van der Waals surface area contributed by atoms with E-state index in [0.29, 0.717) is 5.75 Å². The molecule has 0 saturated heterocycles. The first-order valence-electron chi connectivity index (χ1n) is 7.76. The van der Waals surface area contributed by atoms with E-state index >= 15 is 0 Å². The van der Waals surface area contributed by atoms with Gasteiger partial charge >= 0.3 is 5.97 Å². The normalized spacial score (nSPS) is 15.8. The van der Waals surface area contributed by atoms with E-state index in [2.05, 4.69) is 5.32 Å². The SMILES string of the molecule is CC1Oc2ccc(C(=O)O)cc2N(CC(=O)Nc2ccccc2F)C1=O. The van der Waals surface area contributed by atoms with Crippen LogP contribution in [0.25, 0.3) is 0 Å². The molecule has 0 radical (unpaired) electrons. The molecule has 2 N–H and O–H groups in total. The Labute approximate surface area is 148 Å². The molecule has 8 heteroatoms. The second-order valence-electron chi connectivity index (χ2n) is 5.70. The molecule has 7 nitrogen and oxygen atoms in total. The number of benzene rings is 2. The highest BCUT2D eigenvalue weighted by Gasteiger charge is 2.33. The number of amides is 2. The molecule has 26 heavy (non-hydrogen) atoms. The monoisotopic (exact) mass is 358 g/mol. The number of fused-ring (bicyclic) bond motifs is 1. The van der Waals surface area contributed by atoms with E-state index in [9.17, 15) is 18.8 Å². The molecule has 1 heterocycles. The van der Waals surface area contributed by atoms with Crippen molar-refractivity contribution >= 4 is 29.2 Å². The second-order valence-corrected chi connectivity index (χ2v) is 5.70. The number of hydrogen-bond acceptors (Lipinski definition) is 4. The van der Waals surface area contributed by atoms with Crippen molar-refractivity contribution in [1.29, 1.82) is 0 Å². The predicted octanol–water partition coefficient (Wildman–Crippen LogP) is 2.28. The third-order valence-corrected chi connectivity index (χ3v) is 3.86. The smallest absolute Gasteiger partial charge is 0.335 e. The number of carbonyl (C=O) groups is 3. The summed E-state index contributed by atoms with van der Waals surface area (Å²) in [5, 5.41) is 11.5. The minimum Gasteiger partial charge on any atom is -0.479 e. The minimum absolute atomic E-state index is 0.00855. The van der Waals surface area contributed by atoms with Gasteiger partial charge in [0.1, 0.15) is 18.1 Å². The number of halogens is 1. The predicted molar refractivity (Wildman–Crippen MR) is 90.9 cm³/mol. The Morgan fingerprint density at radius 3 is 2.69 bits per heavy atom. The van der Waals surface area contributed by atoms with Crippen LogP contribution in [0.3, 0.4) is 0 Å². The Morgan fingerprint density at radius 1 is 1.27 bits per heavy atom. The third kappa shape index (κ3) is 3.34. The lowest BCUT2D eigenvalue weighted by Crippen LogP contribution is -2.47. The molecule has 1 atom stereocenters. The summed E-state index contributed by atoms with van der Waals surface area (Å²) in [5.41, 5.74) is 0.122. The van der Waals surface area contributed by atoms with Crippen LogP contribution in [-0.4, -0.2) is 35.5 Å². The minimum atomic E-state index is -1.17. The molecule has 0 spiro atoms. The summed E-state index contributed by atoms with van der Waals surface area (Å²) in [5.74, 6) is -2.60. The molecular formula is C18H15FN2O5. The molecule has 2 aromatic carbocycles. The van der Waals surface area contributed by atoms with Gasteiger partial charge in [-0.15, -0.1) is 0 Å². The first-order chi connectivity index (χ1) is 12.4. The molecule has 1 aliphatic heterocycles. The zero-order chi connectivity index (χ0) is 18.8. The van der Waals surface area contributed by atoms with Crippen molar-refractivity contribution in [1.82, 2.24) is 0 Å². The van der Waals surface area contributed by atoms with E-state index in [4.69, 9.17) is 9.84 Å². The Kier molecular flexibility index (Phi) is 4.57. The van der Waals surface area contributed by atoms with E-state index < -0.39 is 36.2 Å². The molecule has 2 amide bonds. The molecule has 2 aromatic rings. The van der Waals surface area contributed by atoms with Crippen LogP contribution in [0.2, 0.25) is 0 Å². The van der Waals surface area contributed by atoms with E-state index in [0.717, 1.165) is 4.90 Å². The Balaban J connectivity index is 1.88. The fourth-order valence-corrected chi connectivity index (χ4v) is 2.60. The third-order valence-electron chi connectivity index (χ3n) is 3.86. The lowest BCUT2D eigenvalue weighted by atomic mass is 10.1. The summed E-state index contributed by atoms with van der Waals surface area (Å²) < 4.78 is 19.1. The zero-order valence-corrected chi connectivity index (χ0v) is 13.7. The second kappa shape index (κ2) is 6.83. The van der Waals surface area contributed by atoms with Gasteiger partial charge in [0.05, 0.1) is 16.9 Å². The molecule has 0 aliphatic carbocycles. The molecule has 0 aromatic heterocycles. The number of carboxylic acids is 1. The van der Waals surface area contributed by atoms with Crippen LogP contribution < -0.4 is 15.0 Å². The average Bonchev–Trinajstić information content (AvgIpc) is 2.60. The highest BCUT2D eigenvalue weighted by Crippen LogP contribution is 2.35. The largest absolute Gasteiger partial charge is 0.479 e. The first kappa shape index (κ1) is 17.4. The number of para-hydroxylation sites is 1. The van der Waals surface area contributed by atoms with Gasteiger partial charge in [-0.3, -0.25) is 14.5 Å². The first-order valence-corrected chi connectivity index (χ1v) is 7.76. The molecule has 134 valence electrons. The number of nitrogens with one attached hydrogen (secondary N) is 1. The Bertz CT molecular complexity index is 899. The van der Waals surface area contributed by atoms with Gasteiger partial charge in [-0.2, -0.15) is 0 Å². The van der Waals surface area contributed by atoms with E-state index in [1.54, 1.807) is 6.07 Å². The highest BCUT2D eigenvalue weighted by molar-refractivity contribution is 6.06. The highest BCUT2D eigenvalue weighted by atomic mass is 19.1. The summed E-state index contributed by atoms with van der Waals surface area (Å²) in [6.07, 6.45) is -0.834. The van der Waals surface area contributed by atoms with E-state index in [1.165, 1.54) is 43.3 Å². The maximum Gasteiger partial charge on any atom is 0.335 e. The number of anilines is 2. The molecular weight excluding hydrogens is 343 g/mol. The lowest BCUT2D eigenvalue weighted by Gasteiger charge is -2.32. The number of carbonyl (C=O) groups excluding carboxylic acids is 2. The van der Waals surface area contributed by atoms with Gasteiger partial charge in [0.2, 0.25) is 5.91 Å². The van der Waals surface area contributed by atoms with Crippen LogP contribution in [0.5, 0.6) is 5.75 Å². The van der Waals surface area contributed by atoms with Crippen molar-refractivity contribution in [3.8, 4) is 5.75 Å². The van der Waals surface area contributed by atoms with Crippen molar-refractivity contribution in [2.45, 2.75) is 13.0 Å². The van der Waals surface area contributed by atoms with Crippen molar-refractivity contribution < 1.29 is 28.6 Å². The van der Waals surface area contributed by atoms with Crippen LogP contribution in [0.15, 0.2) is 42.5 Å². The molecule has 3 rings (SSSR count). The maximum absolute atomic E-state index is 13.7. The number of ether oxygens (including phenoxy) is 1. The van der Waals surface area contributed by atoms with Gasteiger partial charge < -0.3 is 15.2 Å². The quantitative estimate of drug-likeness (QED) is 0.874. The van der Waals surface area contributed by atoms with Crippen LogP contribution in [0.4, 0.5) is 15.8 Å².